The van der Waals surface area contributed by atoms with E-state index < -0.39 is 10.0 Å². The first-order chi connectivity index (χ1) is 8.79. The van der Waals surface area contributed by atoms with Gasteiger partial charge in [0.05, 0.1) is 10.5 Å². The molecular formula is C12H15BrN2O3S. The fourth-order valence-electron chi connectivity index (χ4n) is 1.82. The molecule has 0 aromatic heterocycles. The zero-order valence-corrected chi connectivity index (χ0v) is 12.9. The lowest BCUT2D eigenvalue weighted by Crippen LogP contribution is -2.29. The lowest BCUT2D eigenvalue weighted by atomic mass is 10.2. The van der Waals surface area contributed by atoms with E-state index in [9.17, 15) is 13.2 Å². The average Bonchev–Trinajstić information content (AvgIpc) is 3.11. The highest BCUT2D eigenvalue weighted by Gasteiger charge is 2.26. The van der Waals surface area contributed by atoms with E-state index in [0.717, 1.165) is 12.8 Å². The number of carbonyl (C=O) groups excluding carboxylic acids is 1. The van der Waals surface area contributed by atoms with Crippen LogP contribution in [0.3, 0.4) is 0 Å². The van der Waals surface area contributed by atoms with E-state index in [1.807, 2.05) is 0 Å². The lowest BCUT2D eigenvalue weighted by Gasteiger charge is -2.18. The predicted molar refractivity (Wildman–Crippen MR) is 75.2 cm³/mol. The van der Waals surface area contributed by atoms with E-state index in [4.69, 9.17) is 5.14 Å². The molecule has 1 saturated carbocycles. The largest absolute Gasteiger partial charge is 0.341 e. The summed E-state index contributed by atoms with van der Waals surface area (Å²) < 4.78 is 23.2. The maximum atomic E-state index is 12.3. The Balaban J connectivity index is 2.29. The van der Waals surface area contributed by atoms with Crippen LogP contribution < -0.4 is 5.14 Å². The van der Waals surface area contributed by atoms with Crippen molar-refractivity contribution >= 4 is 31.9 Å². The Bertz CT molecular complexity index is 611. The van der Waals surface area contributed by atoms with Crippen molar-refractivity contribution in [2.75, 3.05) is 13.6 Å². The van der Waals surface area contributed by atoms with Crippen LogP contribution in [-0.4, -0.2) is 32.8 Å². The van der Waals surface area contributed by atoms with Gasteiger partial charge in [0.2, 0.25) is 10.0 Å². The number of primary sulfonamides is 1. The Labute approximate surface area is 121 Å². The fourth-order valence-corrected chi connectivity index (χ4v) is 2.78. The Hall–Kier alpha value is -0.920. The standard InChI is InChI=1S/C12H15BrN2O3S/c1-15(7-8-2-3-8)12(16)10-6-9(19(14,17)18)4-5-11(10)13/h4-6,8H,2-3,7H2,1H3,(H2,14,17,18). The molecule has 1 aliphatic rings. The van der Waals surface area contributed by atoms with Gasteiger partial charge in [0.15, 0.2) is 0 Å². The van der Waals surface area contributed by atoms with Crippen molar-refractivity contribution in [1.82, 2.24) is 4.90 Å². The van der Waals surface area contributed by atoms with Crippen molar-refractivity contribution < 1.29 is 13.2 Å². The molecular weight excluding hydrogens is 332 g/mol. The predicted octanol–water partition coefficient (Wildman–Crippen LogP) is 1.58. The van der Waals surface area contributed by atoms with Gasteiger partial charge in [0, 0.05) is 18.1 Å². The van der Waals surface area contributed by atoms with Crippen molar-refractivity contribution in [3.8, 4) is 0 Å². The molecule has 0 atom stereocenters. The number of carbonyl (C=O) groups is 1. The third-order valence-electron chi connectivity index (χ3n) is 3.07. The van der Waals surface area contributed by atoms with Gasteiger partial charge in [0.25, 0.3) is 5.91 Å². The smallest absolute Gasteiger partial charge is 0.254 e. The second-order valence-electron chi connectivity index (χ2n) is 4.82. The topological polar surface area (TPSA) is 80.5 Å². The minimum Gasteiger partial charge on any atom is -0.341 e. The molecule has 2 rings (SSSR count). The molecule has 0 radical (unpaired) electrons. The number of nitrogens with two attached hydrogens (primary N) is 1. The quantitative estimate of drug-likeness (QED) is 0.898. The molecule has 0 bridgehead atoms. The van der Waals surface area contributed by atoms with Gasteiger partial charge in [0.1, 0.15) is 0 Å². The summed E-state index contributed by atoms with van der Waals surface area (Å²) in [6, 6.07) is 4.21. The summed E-state index contributed by atoms with van der Waals surface area (Å²) in [5, 5.41) is 5.07. The zero-order valence-electron chi connectivity index (χ0n) is 10.5. The molecule has 19 heavy (non-hydrogen) atoms. The fraction of sp³-hybridized carbons (Fsp3) is 0.417. The van der Waals surface area contributed by atoms with Crippen LogP contribution in [0.15, 0.2) is 27.6 Å². The van der Waals surface area contributed by atoms with Gasteiger partial charge in [-0.3, -0.25) is 4.79 Å². The average molecular weight is 347 g/mol. The van der Waals surface area contributed by atoms with Gasteiger partial charge in [-0.1, -0.05) is 0 Å². The van der Waals surface area contributed by atoms with Gasteiger partial charge < -0.3 is 4.90 Å². The Morgan fingerprint density at radius 3 is 2.63 bits per heavy atom. The summed E-state index contributed by atoms with van der Waals surface area (Å²) >= 11 is 3.26. The van der Waals surface area contributed by atoms with E-state index >= 15 is 0 Å². The molecule has 0 spiro atoms. The number of rotatable bonds is 4. The van der Waals surface area contributed by atoms with Crippen LogP contribution in [0.5, 0.6) is 0 Å². The van der Waals surface area contributed by atoms with Crippen LogP contribution in [-0.2, 0) is 10.0 Å². The minimum atomic E-state index is -3.80. The molecule has 1 aromatic carbocycles. The normalized spacial score (nSPS) is 15.3. The zero-order chi connectivity index (χ0) is 14.2. The number of halogens is 1. The monoisotopic (exact) mass is 346 g/mol. The second-order valence-corrected chi connectivity index (χ2v) is 7.23. The number of hydrogen-bond acceptors (Lipinski definition) is 3. The number of benzene rings is 1. The van der Waals surface area contributed by atoms with Crippen molar-refractivity contribution in [2.45, 2.75) is 17.7 Å². The Kier molecular flexibility index (Phi) is 3.98. The van der Waals surface area contributed by atoms with Crippen LogP contribution in [0.4, 0.5) is 0 Å². The molecule has 1 aliphatic carbocycles. The molecule has 104 valence electrons. The highest BCUT2D eigenvalue weighted by Crippen LogP contribution is 2.30. The van der Waals surface area contributed by atoms with Gasteiger partial charge in [-0.25, -0.2) is 13.6 Å². The van der Waals surface area contributed by atoms with Crippen LogP contribution in [0.1, 0.15) is 23.2 Å². The Morgan fingerprint density at radius 1 is 1.47 bits per heavy atom. The first-order valence-electron chi connectivity index (χ1n) is 5.87. The van der Waals surface area contributed by atoms with Crippen molar-refractivity contribution in [3.63, 3.8) is 0 Å². The van der Waals surface area contributed by atoms with Crippen LogP contribution in [0.25, 0.3) is 0 Å². The third kappa shape index (κ3) is 3.55. The van der Waals surface area contributed by atoms with Crippen LogP contribution in [0, 0.1) is 5.92 Å². The number of sulfonamides is 1. The summed E-state index contributed by atoms with van der Waals surface area (Å²) in [5.41, 5.74) is 0.315. The first-order valence-corrected chi connectivity index (χ1v) is 8.21. The van der Waals surface area contributed by atoms with Gasteiger partial charge >= 0.3 is 0 Å². The summed E-state index contributed by atoms with van der Waals surface area (Å²) in [6.45, 7) is 0.699. The van der Waals surface area contributed by atoms with E-state index in [-0.39, 0.29) is 10.8 Å². The molecule has 0 heterocycles. The summed E-state index contributed by atoms with van der Waals surface area (Å²) in [4.78, 5) is 13.8. The molecule has 0 unspecified atom stereocenters. The third-order valence-corrected chi connectivity index (χ3v) is 4.67. The van der Waals surface area contributed by atoms with Crippen LogP contribution in [0.2, 0.25) is 0 Å². The molecule has 5 nitrogen and oxygen atoms in total. The lowest BCUT2D eigenvalue weighted by molar-refractivity contribution is 0.0787. The van der Waals surface area contributed by atoms with Crippen molar-refractivity contribution in [3.05, 3.63) is 28.2 Å². The second kappa shape index (κ2) is 5.22. The summed E-state index contributed by atoms with van der Waals surface area (Å²) in [5.74, 6) is 0.374. The van der Waals surface area contributed by atoms with Crippen molar-refractivity contribution in [1.29, 1.82) is 0 Å². The highest BCUT2D eigenvalue weighted by atomic mass is 79.9. The molecule has 7 heteroatoms. The summed E-state index contributed by atoms with van der Waals surface area (Å²) in [7, 11) is -2.08. The molecule has 0 aliphatic heterocycles. The van der Waals surface area contributed by atoms with E-state index in [1.165, 1.54) is 18.2 Å². The molecule has 1 aromatic rings. The molecule has 0 saturated heterocycles. The van der Waals surface area contributed by atoms with Crippen molar-refractivity contribution in [2.24, 2.45) is 11.1 Å². The SMILES string of the molecule is CN(CC1CC1)C(=O)c1cc(S(N)(=O)=O)ccc1Br. The minimum absolute atomic E-state index is 0.0566. The van der Waals surface area contributed by atoms with E-state index in [2.05, 4.69) is 15.9 Å². The van der Waals surface area contributed by atoms with E-state index in [1.54, 1.807) is 11.9 Å². The summed E-state index contributed by atoms with van der Waals surface area (Å²) in [6.07, 6.45) is 2.30. The maximum absolute atomic E-state index is 12.3. The Morgan fingerprint density at radius 2 is 2.11 bits per heavy atom. The number of hydrogen-bond donors (Lipinski definition) is 1. The van der Waals surface area contributed by atoms with E-state index in [0.29, 0.717) is 22.5 Å². The van der Waals surface area contributed by atoms with Gasteiger partial charge in [-0.05, 0) is 52.9 Å². The van der Waals surface area contributed by atoms with Gasteiger partial charge in [-0.15, -0.1) is 0 Å². The highest BCUT2D eigenvalue weighted by molar-refractivity contribution is 9.10. The molecule has 2 N–H and O–H groups in total. The number of nitrogens with zero attached hydrogens (tertiary/aromatic N) is 1. The number of amides is 1. The molecule has 1 amide bonds. The first kappa shape index (κ1) is 14.5. The van der Waals surface area contributed by atoms with Gasteiger partial charge in [-0.2, -0.15) is 0 Å². The maximum Gasteiger partial charge on any atom is 0.254 e. The van der Waals surface area contributed by atoms with Crippen LogP contribution >= 0.6 is 15.9 Å². The molecule has 1 fully saturated rings.